The van der Waals surface area contributed by atoms with E-state index in [9.17, 15) is 14.4 Å². The first-order valence-corrected chi connectivity index (χ1v) is 8.30. The Labute approximate surface area is 146 Å². The number of hydrogen-bond acceptors (Lipinski definition) is 4. The van der Waals surface area contributed by atoms with Crippen LogP contribution in [0, 0.1) is 11.3 Å². The lowest BCUT2D eigenvalue weighted by Crippen LogP contribution is -2.42. The van der Waals surface area contributed by atoms with Crippen LogP contribution in [0.4, 0.5) is 0 Å². The summed E-state index contributed by atoms with van der Waals surface area (Å²) in [5.41, 5.74) is 0.0963. The quantitative estimate of drug-likeness (QED) is 0.756. The predicted molar refractivity (Wildman–Crippen MR) is 94.8 cm³/mol. The smallest absolute Gasteiger partial charge is 0.299 e. The van der Waals surface area contributed by atoms with E-state index in [0.29, 0.717) is 18.0 Å². The molecule has 0 aliphatic rings. The largest absolute Gasteiger partial charge is 0.331 e. The molecule has 0 bridgehead atoms. The van der Waals surface area contributed by atoms with Gasteiger partial charge in [-0.15, -0.1) is 0 Å². The molecule has 0 spiro atoms. The lowest BCUT2D eigenvalue weighted by molar-refractivity contribution is 0.0968. The molecule has 1 aromatic heterocycles. The van der Waals surface area contributed by atoms with Gasteiger partial charge in [-0.2, -0.15) is 5.26 Å². The van der Waals surface area contributed by atoms with Gasteiger partial charge >= 0.3 is 5.69 Å². The molecule has 0 N–H and O–H groups in total. The van der Waals surface area contributed by atoms with Crippen molar-refractivity contribution in [3.05, 3.63) is 68.0 Å². The summed E-state index contributed by atoms with van der Waals surface area (Å²) in [7, 11) is 0. The highest BCUT2D eigenvalue weighted by molar-refractivity contribution is 5.95. The lowest BCUT2D eigenvalue weighted by Gasteiger charge is -2.11. The van der Waals surface area contributed by atoms with Crippen molar-refractivity contribution >= 4 is 5.78 Å². The molecule has 0 aliphatic carbocycles. The van der Waals surface area contributed by atoms with Gasteiger partial charge in [0.25, 0.3) is 5.56 Å². The Morgan fingerprint density at radius 2 is 1.84 bits per heavy atom. The molecule has 0 radical (unpaired) electrons. The lowest BCUT2D eigenvalue weighted by atomic mass is 9.97. The highest BCUT2D eigenvalue weighted by Crippen LogP contribution is 2.19. The highest BCUT2D eigenvalue weighted by atomic mass is 16.2. The van der Waals surface area contributed by atoms with Crippen LogP contribution < -0.4 is 11.2 Å². The minimum Gasteiger partial charge on any atom is -0.299 e. The van der Waals surface area contributed by atoms with Crippen LogP contribution in [0.5, 0.6) is 0 Å². The fraction of sp³-hybridized carbons (Fsp3) is 0.368. The molecule has 25 heavy (non-hydrogen) atoms. The molecular formula is C19H21N3O3. The number of nitrogens with zero attached hydrogens (tertiary/aromatic N) is 3. The summed E-state index contributed by atoms with van der Waals surface area (Å²) in [6.07, 6.45) is 2.23. The fourth-order valence-electron chi connectivity index (χ4n) is 2.56. The second kappa shape index (κ2) is 7.75. The summed E-state index contributed by atoms with van der Waals surface area (Å²) >= 11 is 0. The topological polar surface area (TPSA) is 84.9 Å². The summed E-state index contributed by atoms with van der Waals surface area (Å²) in [6, 6.07) is 8.97. The van der Waals surface area contributed by atoms with Crippen LogP contribution in [0.3, 0.4) is 0 Å². The Morgan fingerprint density at radius 3 is 2.36 bits per heavy atom. The molecule has 2 aromatic rings. The predicted octanol–water partition coefficient (Wildman–Crippen LogP) is 2.30. The maximum Gasteiger partial charge on any atom is 0.331 e. The number of rotatable bonds is 6. The minimum atomic E-state index is -0.734. The van der Waals surface area contributed by atoms with E-state index < -0.39 is 11.2 Å². The van der Waals surface area contributed by atoms with Gasteiger partial charge in [-0.05, 0) is 24.8 Å². The number of hydrogen-bond donors (Lipinski definition) is 0. The van der Waals surface area contributed by atoms with Gasteiger partial charge in [-0.1, -0.05) is 38.1 Å². The molecule has 130 valence electrons. The molecule has 0 amide bonds. The standard InChI is InChI=1S/C19H21N3O3/c1-4-13(3)14-6-8-15(9-7-14)17(23)12-22-18(24)16(10-20)11-21(5-2)19(22)25/h6-9,11,13H,4-5,12H2,1-3H3. The van der Waals surface area contributed by atoms with Crippen LogP contribution in [-0.4, -0.2) is 14.9 Å². The van der Waals surface area contributed by atoms with Crippen molar-refractivity contribution in [2.45, 2.75) is 46.2 Å². The average Bonchev–Trinajstić information content (AvgIpc) is 2.64. The number of ketones is 1. The van der Waals surface area contributed by atoms with Gasteiger partial charge < -0.3 is 0 Å². The van der Waals surface area contributed by atoms with Crippen molar-refractivity contribution in [3.8, 4) is 6.07 Å². The Hall–Kier alpha value is -2.94. The van der Waals surface area contributed by atoms with E-state index in [4.69, 9.17) is 5.26 Å². The summed E-state index contributed by atoms with van der Waals surface area (Å²) < 4.78 is 2.08. The van der Waals surface area contributed by atoms with E-state index in [2.05, 4.69) is 13.8 Å². The van der Waals surface area contributed by atoms with E-state index in [-0.39, 0.29) is 17.9 Å². The first-order chi connectivity index (χ1) is 11.9. The zero-order chi connectivity index (χ0) is 18.6. The second-order valence-electron chi connectivity index (χ2n) is 5.97. The van der Waals surface area contributed by atoms with Crippen molar-refractivity contribution in [1.29, 1.82) is 5.26 Å². The fourth-order valence-corrected chi connectivity index (χ4v) is 2.56. The van der Waals surface area contributed by atoms with Crippen LogP contribution in [0.25, 0.3) is 0 Å². The highest BCUT2D eigenvalue weighted by Gasteiger charge is 2.15. The van der Waals surface area contributed by atoms with Crippen molar-refractivity contribution < 1.29 is 4.79 Å². The number of carbonyl (C=O) groups excluding carboxylic acids is 1. The number of aryl methyl sites for hydroxylation is 1. The van der Waals surface area contributed by atoms with Gasteiger partial charge in [0.15, 0.2) is 5.78 Å². The van der Waals surface area contributed by atoms with Crippen molar-refractivity contribution in [1.82, 2.24) is 9.13 Å². The van der Waals surface area contributed by atoms with Crippen molar-refractivity contribution in [2.75, 3.05) is 0 Å². The molecule has 1 heterocycles. The van der Waals surface area contributed by atoms with Crippen molar-refractivity contribution in [3.63, 3.8) is 0 Å². The summed E-state index contributed by atoms with van der Waals surface area (Å²) in [5, 5.41) is 9.05. The molecule has 0 saturated heterocycles. The molecule has 2 rings (SSSR count). The number of Topliss-reactive ketones (excluding diaryl/α,β-unsaturated/α-hetero) is 1. The SMILES string of the molecule is CCC(C)c1ccc(C(=O)Cn2c(=O)c(C#N)cn(CC)c2=O)cc1. The third kappa shape index (κ3) is 3.77. The maximum absolute atomic E-state index is 12.5. The molecular weight excluding hydrogens is 318 g/mol. The van der Waals surface area contributed by atoms with Crippen LogP contribution in [0.2, 0.25) is 0 Å². The van der Waals surface area contributed by atoms with E-state index in [1.54, 1.807) is 25.1 Å². The second-order valence-corrected chi connectivity index (χ2v) is 5.97. The molecule has 6 heteroatoms. The maximum atomic E-state index is 12.5. The van der Waals surface area contributed by atoms with Crippen molar-refractivity contribution in [2.24, 2.45) is 0 Å². The number of nitriles is 1. The number of aromatic nitrogens is 2. The normalized spacial score (nSPS) is 11.8. The van der Waals surface area contributed by atoms with Gasteiger partial charge in [0.05, 0.1) is 6.54 Å². The van der Waals surface area contributed by atoms with Gasteiger partial charge in [-0.3, -0.25) is 18.7 Å². The van der Waals surface area contributed by atoms with Gasteiger partial charge in [0.2, 0.25) is 0 Å². The molecule has 6 nitrogen and oxygen atoms in total. The van der Waals surface area contributed by atoms with E-state index in [1.807, 2.05) is 12.1 Å². The molecule has 0 fully saturated rings. The minimum absolute atomic E-state index is 0.152. The Morgan fingerprint density at radius 1 is 1.20 bits per heavy atom. The average molecular weight is 339 g/mol. The van der Waals surface area contributed by atoms with Crippen LogP contribution in [0.1, 0.15) is 54.6 Å². The Bertz CT molecular complexity index is 930. The van der Waals surface area contributed by atoms with E-state index in [1.165, 1.54) is 10.8 Å². The molecule has 1 atom stereocenters. The Kier molecular flexibility index (Phi) is 5.71. The van der Waals surface area contributed by atoms with Crippen LogP contribution in [0.15, 0.2) is 40.1 Å². The summed E-state index contributed by atoms with van der Waals surface area (Å²) in [5.74, 6) is 0.0588. The van der Waals surface area contributed by atoms with Crippen LogP contribution in [-0.2, 0) is 13.1 Å². The monoisotopic (exact) mass is 339 g/mol. The van der Waals surface area contributed by atoms with Crippen LogP contribution >= 0.6 is 0 Å². The third-order valence-corrected chi connectivity index (χ3v) is 4.41. The summed E-state index contributed by atoms with van der Waals surface area (Å²) in [4.78, 5) is 37.0. The van der Waals surface area contributed by atoms with Gasteiger partial charge in [0, 0.05) is 18.3 Å². The molecule has 0 aliphatic heterocycles. The first-order valence-electron chi connectivity index (χ1n) is 8.30. The summed E-state index contributed by atoms with van der Waals surface area (Å²) in [6.45, 7) is 5.86. The number of carbonyl (C=O) groups is 1. The van der Waals surface area contributed by atoms with Gasteiger partial charge in [-0.25, -0.2) is 4.79 Å². The van der Waals surface area contributed by atoms with Gasteiger partial charge in [0.1, 0.15) is 11.6 Å². The number of benzene rings is 1. The molecule has 1 unspecified atom stereocenters. The van der Waals surface area contributed by atoms with E-state index in [0.717, 1.165) is 16.6 Å². The first kappa shape index (κ1) is 18.4. The van der Waals surface area contributed by atoms with E-state index >= 15 is 0 Å². The molecule has 0 saturated carbocycles. The zero-order valence-corrected chi connectivity index (χ0v) is 14.7. The third-order valence-electron chi connectivity index (χ3n) is 4.41. The molecule has 1 aromatic carbocycles. The zero-order valence-electron chi connectivity index (χ0n) is 14.7. The Balaban J connectivity index is 2.37.